The van der Waals surface area contributed by atoms with E-state index in [0.29, 0.717) is 11.8 Å². The molecule has 2 aromatic rings. The maximum absolute atomic E-state index is 11.8. The summed E-state index contributed by atoms with van der Waals surface area (Å²) in [5, 5.41) is 6.31. The van der Waals surface area contributed by atoms with E-state index in [-0.39, 0.29) is 5.91 Å². The third-order valence-electron chi connectivity index (χ3n) is 3.69. The van der Waals surface area contributed by atoms with Crippen molar-refractivity contribution in [3.63, 3.8) is 0 Å². The number of carbonyl (C=O) groups is 1. The van der Waals surface area contributed by atoms with Gasteiger partial charge in [0, 0.05) is 36.7 Å². The van der Waals surface area contributed by atoms with Gasteiger partial charge in [-0.1, -0.05) is 0 Å². The third-order valence-corrected chi connectivity index (χ3v) is 3.69. The Balaban J connectivity index is 1.51. The molecule has 2 N–H and O–H groups in total. The molecule has 2 heterocycles. The van der Waals surface area contributed by atoms with Gasteiger partial charge in [-0.15, -0.1) is 0 Å². The SMILES string of the molecule is O=C(/C=C/c1ccco1)Nc1ccc(NC2CCOCC2)cc1. The molecule has 0 spiro atoms. The molecule has 23 heavy (non-hydrogen) atoms. The maximum atomic E-state index is 11.8. The molecule has 0 radical (unpaired) electrons. The average Bonchev–Trinajstić information content (AvgIpc) is 3.09. The van der Waals surface area contributed by atoms with E-state index >= 15 is 0 Å². The van der Waals surface area contributed by atoms with E-state index < -0.39 is 0 Å². The fourth-order valence-corrected chi connectivity index (χ4v) is 2.46. The lowest BCUT2D eigenvalue weighted by molar-refractivity contribution is -0.111. The minimum atomic E-state index is -0.188. The second-order valence-electron chi connectivity index (χ2n) is 5.45. The Labute approximate surface area is 135 Å². The van der Waals surface area contributed by atoms with Gasteiger partial charge < -0.3 is 19.8 Å². The van der Waals surface area contributed by atoms with E-state index in [1.807, 2.05) is 24.3 Å². The molecule has 1 aliphatic rings. The van der Waals surface area contributed by atoms with Gasteiger partial charge in [0.1, 0.15) is 5.76 Å². The molecule has 0 bridgehead atoms. The predicted molar refractivity (Wildman–Crippen MR) is 90.3 cm³/mol. The summed E-state index contributed by atoms with van der Waals surface area (Å²) < 4.78 is 10.5. The van der Waals surface area contributed by atoms with Crippen molar-refractivity contribution in [3.05, 3.63) is 54.5 Å². The van der Waals surface area contributed by atoms with E-state index in [4.69, 9.17) is 9.15 Å². The Hall–Kier alpha value is -2.53. The Kier molecular flexibility index (Phi) is 5.11. The van der Waals surface area contributed by atoms with Crippen LogP contribution in [-0.4, -0.2) is 25.2 Å². The Morgan fingerprint density at radius 1 is 1.09 bits per heavy atom. The molecule has 0 saturated carbocycles. The van der Waals surface area contributed by atoms with Crippen LogP contribution in [0.1, 0.15) is 18.6 Å². The van der Waals surface area contributed by atoms with E-state index in [2.05, 4.69) is 10.6 Å². The topological polar surface area (TPSA) is 63.5 Å². The summed E-state index contributed by atoms with van der Waals surface area (Å²) in [6, 6.07) is 11.8. The Morgan fingerprint density at radius 3 is 2.52 bits per heavy atom. The van der Waals surface area contributed by atoms with Gasteiger partial charge in [0.25, 0.3) is 0 Å². The second kappa shape index (κ2) is 7.65. The van der Waals surface area contributed by atoms with Crippen molar-refractivity contribution >= 4 is 23.4 Å². The van der Waals surface area contributed by atoms with E-state index in [1.165, 1.54) is 6.08 Å². The molecule has 1 aromatic carbocycles. The quantitative estimate of drug-likeness (QED) is 0.829. The Bertz CT molecular complexity index is 641. The van der Waals surface area contributed by atoms with Crippen molar-refractivity contribution < 1.29 is 13.9 Å². The number of amides is 1. The standard InChI is InChI=1S/C18H20N2O3/c21-18(8-7-17-2-1-11-23-17)20-15-5-3-14(4-6-15)19-16-9-12-22-13-10-16/h1-8,11,16,19H,9-10,12-13H2,(H,20,21)/b8-7+. The molecule has 1 saturated heterocycles. The first kappa shape index (κ1) is 15.4. The monoisotopic (exact) mass is 312 g/mol. The molecular formula is C18H20N2O3. The van der Waals surface area contributed by atoms with Crippen LogP contribution in [0.2, 0.25) is 0 Å². The summed E-state index contributed by atoms with van der Waals surface area (Å²) in [4.78, 5) is 11.8. The summed E-state index contributed by atoms with van der Waals surface area (Å²) in [5.74, 6) is 0.461. The van der Waals surface area contributed by atoms with Gasteiger partial charge in [-0.05, 0) is 55.3 Å². The van der Waals surface area contributed by atoms with Crippen LogP contribution in [0.25, 0.3) is 6.08 Å². The number of ether oxygens (including phenoxy) is 1. The Morgan fingerprint density at radius 2 is 1.83 bits per heavy atom. The third kappa shape index (κ3) is 4.72. The molecule has 1 aromatic heterocycles. The highest BCUT2D eigenvalue weighted by atomic mass is 16.5. The first-order chi connectivity index (χ1) is 11.3. The molecule has 5 heteroatoms. The van der Waals surface area contributed by atoms with Gasteiger partial charge in [-0.25, -0.2) is 0 Å². The summed E-state index contributed by atoms with van der Waals surface area (Å²) in [6.07, 6.45) is 6.71. The van der Waals surface area contributed by atoms with Crippen LogP contribution in [-0.2, 0) is 9.53 Å². The summed E-state index contributed by atoms with van der Waals surface area (Å²) in [7, 11) is 0. The fraction of sp³-hybridized carbons (Fsp3) is 0.278. The predicted octanol–water partition coefficient (Wildman–Crippen LogP) is 3.52. The van der Waals surface area contributed by atoms with Crippen LogP contribution >= 0.6 is 0 Å². The minimum absolute atomic E-state index is 0.188. The lowest BCUT2D eigenvalue weighted by atomic mass is 10.1. The van der Waals surface area contributed by atoms with Gasteiger partial charge in [0.15, 0.2) is 0 Å². The fourth-order valence-electron chi connectivity index (χ4n) is 2.46. The first-order valence-electron chi connectivity index (χ1n) is 7.76. The smallest absolute Gasteiger partial charge is 0.248 e. The van der Waals surface area contributed by atoms with Crippen LogP contribution in [0, 0.1) is 0 Å². The van der Waals surface area contributed by atoms with Crippen molar-refractivity contribution in [2.75, 3.05) is 23.8 Å². The van der Waals surface area contributed by atoms with Gasteiger partial charge in [0.2, 0.25) is 5.91 Å². The van der Waals surface area contributed by atoms with Crippen molar-refractivity contribution in [1.29, 1.82) is 0 Å². The number of nitrogens with one attached hydrogen (secondary N) is 2. The van der Waals surface area contributed by atoms with Gasteiger partial charge in [-0.2, -0.15) is 0 Å². The van der Waals surface area contributed by atoms with Crippen molar-refractivity contribution in [3.8, 4) is 0 Å². The number of hydrogen-bond acceptors (Lipinski definition) is 4. The van der Waals surface area contributed by atoms with Crippen molar-refractivity contribution in [2.24, 2.45) is 0 Å². The zero-order valence-electron chi connectivity index (χ0n) is 12.8. The summed E-state index contributed by atoms with van der Waals surface area (Å²) in [5.41, 5.74) is 1.82. The number of anilines is 2. The van der Waals surface area contributed by atoms with Gasteiger partial charge >= 0.3 is 0 Å². The highest BCUT2D eigenvalue weighted by Crippen LogP contribution is 2.18. The number of rotatable bonds is 5. The van der Waals surface area contributed by atoms with E-state index in [9.17, 15) is 4.79 Å². The zero-order chi connectivity index (χ0) is 15.9. The number of carbonyl (C=O) groups excluding carboxylic acids is 1. The summed E-state index contributed by atoms with van der Waals surface area (Å²) >= 11 is 0. The molecule has 1 aliphatic heterocycles. The normalized spacial score (nSPS) is 15.7. The zero-order valence-corrected chi connectivity index (χ0v) is 12.8. The number of benzene rings is 1. The van der Waals surface area contributed by atoms with Crippen molar-refractivity contribution in [2.45, 2.75) is 18.9 Å². The number of hydrogen-bond donors (Lipinski definition) is 2. The molecular weight excluding hydrogens is 292 g/mol. The van der Waals surface area contributed by atoms with Gasteiger partial charge in [0.05, 0.1) is 6.26 Å². The van der Waals surface area contributed by atoms with Crippen molar-refractivity contribution in [1.82, 2.24) is 0 Å². The highest BCUT2D eigenvalue weighted by Gasteiger charge is 2.13. The van der Waals surface area contributed by atoms with Crippen LogP contribution in [0.4, 0.5) is 11.4 Å². The molecule has 0 atom stereocenters. The molecule has 120 valence electrons. The first-order valence-corrected chi connectivity index (χ1v) is 7.76. The lowest BCUT2D eigenvalue weighted by Gasteiger charge is -2.24. The molecule has 0 unspecified atom stereocenters. The van der Waals surface area contributed by atoms with Crippen LogP contribution in [0.3, 0.4) is 0 Å². The molecule has 0 aliphatic carbocycles. The number of furan rings is 1. The highest BCUT2D eigenvalue weighted by molar-refractivity contribution is 6.01. The van der Waals surface area contributed by atoms with Crippen LogP contribution in [0.5, 0.6) is 0 Å². The van der Waals surface area contributed by atoms with E-state index in [1.54, 1.807) is 24.5 Å². The minimum Gasteiger partial charge on any atom is -0.465 e. The lowest BCUT2D eigenvalue weighted by Crippen LogP contribution is -2.27. The maximum Gasteiger partial charge on any atom is 0.248 e. The molecule has 1 amide bonds. The molecule has 3 rings (SSSR count). The largest absolute Gasteiger partial charge is 0.465 e. The van der Waals surface area contributed by atoms with Gasteiger partial charge in [-0.3, -0.25) is 4.79 Å². The summed E-state index contributed by atoms with van der Waals surface area (Å²) in [6.45, 7) is 1.63. The van der Waals surface area contributed by atoms with Crippen LogP contribution in [0.15, 0.2) is 53.2 Å². The molecule has 1 fully saturated rings. The van der Waals surface area contributed by atoms with E-state index in [0.717, 1.165) is 37.4 Å². The van der Waals surface area contributed by atoms with Crippen LogP contribution < -0.4 is 10.6 Å². The second-order valence-corrected chi connectivity index (χ2v) is 5.45. The average molecular weight is 312 g/mol. The molecule has 5 nitrogen and oxygen atoms in total.